The Morgan fingerprint density at radius 1 is 1.14 bits per heavy atom. The van der Waals surface area contributed by atoms with E-state index in [1.54, 1.807) is 37.3 Å². The highest BCUT2D eigenvalue weighted by Crippen LogP contribution is 2.28. The number of urea groups is 1. The van der Waals surface area contributed by atoms with Crippen LogP contribution in [0.2, 0.25) is 0 Å². The van der Waals surface area contributed by atoms with E-state index in [4.69, 9.17) is 5.14 Å². The molecule has 10 heteroatoms. The van der Waals surface area contributed by atoms with Gasteiger partial charge in [0.15, 0.2) is 0 Å². The standard InChI is InChI=1S/C18H18N4O5S/c1-18(12-6-3-2-4-7-12)16(24)22(17(25)21-18)11-15(23)20-13-8-5-9-14(10-13)28(19,26)27/h2-10H,11H2,1H3,(H,20,23)(H,21,25)(H2,19,26,27)/t18-/m1/s1. The highest BCUT2D eigenvalue weighted by atomic mass is 32.2. The van der Waals surface area contributed by atoms with Crippen molar-refractivity contribution in [2.45, 2.75) is 17.4 Å². The molecule has 3 rings (SSSR count). The highest BCUT2D eigenvalue weighted by Gasteiger charge is 2.49. The van der Waals surface area contributed by atoms with Gasteiger partial charge in [-0.05, 0) is 30.7 Å². The molecule has 0 aromatic heterocycles. The summed E-state index contributed by atoms with van der Waals surface area (Å²) in [4.78, 5) is 38.0. The summed E-state index contributed by atoms with van der Waals surface area (Å²) in [5.41, 5.74) is -0.502. The fraction of sp³-hybridized carbons (Fsp3) is 0.167. The third kappa shape index (κ3) is 3.73. The largest absolute Gasteiger partial charge is 0.325 e. The van der Waals surface area contributed by atoms with E-state index in [-0.39, 0.29) is 10.6 Å². The number of rotatable bonds is 5. The molecule has 9 nitrogen and oxygen atoms in total. The quantitative estimate of drug-likeness (QED) is 0.633. The van der Waals surface area contributed by atoms with Crippen molar-refractivity contribution in [3.05, 3.63) is 60.2 Å². The van der Waals surface area contributed by atoms with E-state index in [9.17, 15) is 22.8 Å². The molecule has 1 aliphatic rings. The first-order chi connectivity index (χ1) is 13.1. The fourth-order valence-electron chi connectivity index (χ4n) is 2.90. The molecule has 1 saturated heterocycles. The number of benzene rings is 2. The van der Waals surface area contributed by atoms with Crippen LogP contribution in [-0.2, 0) is 25.2 Å². The first kappa shape index (κ1) is 19.5. The minimum absolute atomic E-state index is 0.169. The Hall–Kier alpha value is -3.24. The van der Waals surface area contributed by atoms with Gasteiger partial charge in [0.05, 0.1) is 4.90 Å². The number of amides is 4. The summed E-state index contributed by atoms with van der Waals surface area (Å²) in [6.07, 6.45) is 0. The van der Waals surface area contributed by atoms with Crippen LogP contribution in [0.4, 0.5) is 10.5 Å². The van der Waals surface area contributed by atoms with E-state index < -0.39 is 40.0 Å². The number of carbonyl (C=O) groups is 3. The average Bonchev–Trinajstić information content (AvgIpc) is 2.86. The average molecular weight is 402 g/mol. The molecule has 0 aliphatic carbocycles. The number of hydrogen-bond acceptors (Lipinski definition) is 5. The van der Waals surface area contributed by atoms with Crippen molar-refractivity contribution in [3.63, 3.8) is 0 Å². The maximum atomic E-state index is 12.8. The number of sulfonamides is 1. The third-order valence-electron chi connectivity index (χ3n) is 4.37. The Balaban J connectivity index is 1.74. The van der Waals surface area contributed by atoms with E-state index >= 15 is 0 Å². The molecular formula is C18H18N4O5S. The molecule has 1 atom stereocenters. The smallest absolute Gasteiger partial charge is 0.324 e. The normalized spacial score (nSPS) is 19.4. The second kappa shape index (κ2) is 7.06. The van der Waals surface area contributed by atoms with Gasteiger partial charge in [-0.15, -0.1) is 0 Å². The molecule has 0 unspecified atom stereocenters. The fourth-order valence-corrected chi connectivity index (χ4v) is 3.46. The summed E-state index contributed by atoms with van der Waals surface area (Å²) in [6.45, 7) is 1.04. The second-order valence-corrected chi connectivity index (χ2v) is 7.99. The molecule has 0 saturated carbocycles. The molecule has 1 fully saturated rings. The van der Waals surface area contributed by atoms with Crippen molar-refractivity contribution in [2.24, 2.45) is 5.14 Å². The van der Waals surface area contributed by atoms with Gasteiger partial charge in [-0.25, -0.2) is 18.4 Å². The Kier molecular flexibility index (Phi) is 4.92. The SMILES string of the molecule is C[C@]1(c2ccccc2)NC(=O)N(CC(=O)Nc2cccc(S(N)(=O)=O)c2)C1=O. The van der Waals surface area contributed by atoms with Crippen LogP contribution in [-0.4, -0.2) is 37.7 Å². The second-order valence-electron chi connectivity index (χ2n) is 6.43. The zero-order valence-corrected chi connectivity index (χ0v) is 15.7. The van der Waals surface area contributed by atoms with Gasteiger partial charge in [-0.2, -0.15) is 0 Å². The lowest BCUT2D eigenvalue weighted by molar-refractivity contribution is -0.133. The van der Waals surface area contributed by atoms with Crippen LogP contribution in [0.25, 0.3) is 0 Å². The van der Waals surface area contributed by atoms with Gasteiger partial charge >= 0.3 is 6.03 Å². The molecule has 2 aromatic rings. The van der Waals surface area contributed by atoms with Crippen molar-refractivity contribution >= 4 is 33.6 Å². The number of nitrogens with two attached hydrogens (primary N) is 1. The number of hydrogen-bond donors (Lipinski definition) is 3. The Bertz CT molecular complexity index is 1050. The summed E-state index contributed by atoms with van der Waals surface area (Å²) in [5.74, 6) is -1.22. The van der Waals surface area contributed by atoms with Crippen molar-refractivity contribution < 1.29 is 22.8 Å². The molecule has 1 heterocycles. The van der Waals surface area contributed by atoms with E-state index in [1.165, 1.54) is 24.3 Å². The zero-order valence-electron chi connectivity index (χ0n) is 14.9. The van der Waals surface area contributed by atoms with Crippen LogP contribution in [0, 0.1) is 0 Å². The van der Waals surface area contributed by atoms with Gasteiger partial charge in [0.2, 0.25) is 15.9 Å². The Morgan fingerprint density at radius 2 is 1.82 bits per heavy atom. The summed E-state index contributed by atoms with van der Waals surface area (Å²) in [7, 11) is -3.93. The van der Waals surface area contributed by atoms with Crippen LogP contribution in [0.1, 0.15) is 12.5 Å². The molecular weight excluding hydrogens is 384 g/mol. The molecule has 4 N–H and O–H groups in total. The van der Waals surface area contributed by atoms with Crippen molar-refractivity contribution in [1.29, 1.82) is 0 Å². The predicted octanol–water partition coefficient (Wildman–Crippen LogP) is 0.740. The predicted molar refractivity (Wildman–Crippen MR) is 100 cm³/mol. The number of nitrogens with zero attached hydrogens (tertiary/aromatic N) is 1. The molecule has 0 bridgehead atoms. The van der Waals surface area contributed by atoms with Gasteiger partial charge < -0.3 is 10.6 Å². The number of primary sulfonamides is 1. The summed E-state index contributed by atoms with van der Waals surface area (Å²) in [6, 6.07) is 13.4. The van der Waals surface area contributed by atoms with Gasteiger partial charge in [0.1, 0.15) is 12.1 Å². The highest BCUT2D eigenvalue weighted by molar-refractivity contribution is 7.89. The van der Waals surface area contributed by atoms with E-state index in [0.29, 0.717) is 5.56 Å². The lowest BCUT2D eigenvalue weighted by Gasteiger charge is -2.22. The first-order valence-corrected chi connectivity index (χ1v) is 9.78. The van der Waals surface area contributed by atoms with Crippen molar-refractivity contribution in [2.75, 3.05) is 11.9 Å². The van der Waals surface area contributed by atoms with Gasteiger partial charge in [-0.3, -0.25) is 14.5 Å². The van der Waals surface area contributed by atoms with Gasteiger partial charge in [0.25, 0.3) is 5.91 Å². The molecule has 146 valence electrons. The topological polar surface area (TPSA) is 139 Å². The van der Waals surface area contributed by atoms with Gasteiger partial charge in [0, 0.05) is 5.69 Å². The molecule has 0 spiro atoms. The lowest BCUT2D eigenvalue weighted by Crippen LogP contribution is -2.42. The number of anilines is 1. The van der Waals surface area contributed by atoms with Crippen molar-refractivity contribution in [3.8, 4) is 0 Å². The van der Waals surface area contributed by atoms with Crippen molar-refractivity contribution in [1.82, 2.24) is 10.2 Å². The van der Waals surface area contributed by atoms with E-state index in [1.807, 2.05) is 0 Å². The molecule has 0 radical (unpaired) electrons. The minimum Gasteiger partial charge on any atom is -0.324 e. The van der Waals surface area contributed by atoms with Crippen LogP contribution in [0.15, 0.2) is 59.5 Å². The van der Waals surface area contributed by atoms with E-state index in [2.05, 4.69) is 10.6 Å². The Morgan fingerprint density at radius 3 is 2.46 bits per heavy atom. The minimum atomic E-state index is -3.93. The van der Waals surface area contributed by atoms with Crippen LogP contribution in [0.3, 0.4) is 0 Å². The number of imide groups is 1. The van der Waals surface area contributed by atoms with Crippen LogP contribution < -0.4 is 15.8 Å². The van der Waals surface area contributed by atoms with Crippen LogP contribution >= 0.6 is 0 Å². The maximum absolute atomic E-state index is 12.8. The summed E-state index contributed by atoms with van der Waals surface area (Å²) < 4.78 is 22.8. The lowest BCUT2D eigenvalue weighted by atomic mass is 9.92. The molecule has 1 aliphatic heterocycles. The summed E-state index contributed by atoms with van der Waals surface area (Å²) >= 11 is 0. The molecule has 28 heavy (non-hydrogen) atoms. The van der Waals surface area contributed by atoms with Crippen LogP contribution in [0.5, 0.6) is 0 Å². The number of nitrogens with one attached hydrogen (secondary N) is 2. The molecule has 2 aromatic carbocycles. The Labute approximate surface area is 161 Å². The van der Waals surface area contributed by atoms with E-state index in [0.717, 1.165) is 4.90 Å². The first-order valence-electron chi connectivity index (χ1n) is 8.23. The molecule has 4 amide bonds. The summed E-state index contributed by atoms with van der Waals surface area (Å²) in [5, 5.41) is 10.1. The maximum Gasteiger partial charge on any atom is 0.325 e. The third-order valence-corrected chi connectivity index (χ3v) is 5.29. The number of carbonyl (C=O) groups excluding carboxylic acids is 3. The van der Waals surface area contributed by atoms with Gasteiger partial charge in [-0.1, -0.05) is 36.4 Å². The monoisotopic (exact) mass is 402 g/mol. The zero-order chi connectivity index (χ0) is 20.5.